The molecule has 0 aromatic carbocycles. The molecule has 0 spiro atoms. The van der Waals surface area contributed by atoms with Crippen LogP contribution in [-0.2, 0) is 25.4 Å². The fourth-order valence-corrected chi connectivity index (χ4v) is 12.5. The monoisotopic (exact) mass is 532 g/mol. The van der Waals surface area contributed by atoms with Crippen LogP contribution in [0.4, 0.5) is 0 Å². The van der Waals surface area contributed by atoms with Gasteiger partial charge in [0.2, 0.25) is 11.4 Å². The molecule has 3 nitrogen and oxygen atoms in total. The van der Waals surface area contributed by atoms with Crippen molar-refractivity contribution in [3.8, 4) is 0 Å². The van der Waals surface area contributed by atoms with E-state index < -0.39 is 43.6 Å². The predicted molar refractivity (Wildman–Crippen MR) is 96.7 cm³/mol. The zero-order valence-electron chi connectivity index (χ0n) is 9.16. The standard InChI is InChI=1S/C6H3Cl9O3P2S/c7-4(8,9)1-16-20(21)17-2(5(10,11)12)19(1)3(18-20)6(13,14)15/h1-3H. The van der Waals surface area contributed by atoms with Crippen LogP contribution in [-0.4, -0.2) is 28.9 Å². The molecule has 3 heterocycles. The number of fused-ring (bicyclic) bond motifs is 3. The molecular formula is C6H3Cl9O3P2S. The van der Waals surface area contributed by atoms with Crippen molar-refractivity contribution in [2.45, 2.75) is 28.9 Å². The molecule has 3 saturated heterocycles. The summed E-state index contributed by atoms with van der Waals surface area (Å²) in [5.74, 6) is -3.19. The van der Waals surface area contributed by atoms with Crippen molar-refractivity contribution in [2.75, 3.05) is 0 Å². The number of rotatable bonds is 0. The van der Waals surface area contributed by atoms with Crippen LogP contribution in [0.3, 0.4) is 0 Å². The summed E-state index contributed by atoms with van der Waals surface area (Å²) in [5.41, 5.74) is 0. The minimum absolute atomic E-state index is 1.06. The Labute approximate surface area is 172 Å². The minimum atomic E-state index is -3.40. The maximum Gasteiger partial charge on any atom is 0.329 e. The van der Waals surface area contributed by atoms with Gasteiger partial charge in [-0.05, 0) is 11.8 Å². The van der Waals surface area contributed by atoms with E-state index in [0.717, 1.165) is 0 Å². The van der Waals surface area contributed by atoms with Crippen molar-refractivity contribution in [2.24, 2.45) is 0 Å². The van der Waals surface area contributed by atoms with E-state index in [1.165, 1.54) is 0 Å². The van der Waals surface area contributed by atoms with Crippen molar-refractivity contribution in [1.29, 1.82) is 0 Å². The van der Waals surface area contributed by atoms with Crippen molar-refractivity contribution in [3.63, 3.8) is 0 Å². The molecule has 3 atom stereocenters. The first-order chi connectivity index (χ1) is 9.15. The zero-order chi connectivity index (χ0) is 16.4. The summed E-state index contributed by atoms with van der Waals surface area (Å²) in [6.45, 7) is -3.40. The second-order valence-corrected chi connectivity index (χ2v) is 16.2. The molecule has 3 rings (SSSR count). The topological polar surface area (TPSA) is 27.7 Å². The van der Waals surface area contributed by atoms with Gasteiger partial charge in [-0.3, -0.25) is 13.6 Å². The highest BCUT2D eigenvalue weighted by atomic mass is 35.6. The average molecular weight is 536 g/mol. The van der Waals surface area contributed by atoms with E-state index in [1.54, 1.807) is 0 Å². The van der Waals surface area contributed by atoms with E-state index in [1.807, 2.05) is 0 Å². The van der Waals surface area contributed by atoms with Gasteiger partial charge in [-0.15, -0.1) is 0 Å². The van der Waals surface area contributed by atoms with E-state index in [2.05, 4.69) is 0 Å². The van der Waals surface area contributed by atoms with Gasteiger partial charge in [-0.2, -0.15) is 0 Å². The molecule has 3 unspecified atom stereocenters. The molecule has 124 valence electrons. The molecule has 0 amide bonds. The summed E-state index contributed by atoms with van der Waals surface area (Å²) in [5, 5.41) is 0. The third-order valence-corrected chi connectivity index (χ3v) is 11.3. The first-order valence-corrected chi connectivity index (χ1v) is 12.3. The highest BCUT2D eigenvalue weighted by Gasteiger charge is 2.67. The quantitative estimate of drug-likeness (QED) is 0.250. The maximum atomic E-state index is 5.92. The molecule has 0 saturated carbocycles. The normalized spacial score (nSPS) is 41.4. The summed E-state index contributed by atoms with van der Waals surface area (Å²) in [6, 6.07) is 0. The van der Waals surface area contributed by atoms with E-state index >= 15 is 0 Å². The highest BCUT2D eigenvalue weighted by molar-refractivity contribution is 8.08. The molecule has 2 bridgehead atoms. The van der Waals surface area contributed by atoms with E-state index in [4.69, 9.17) is 130 Å². The summed E-state index contributed by atoms with van der Waals surface area (Å²) < 4.78 is 10.7. The van der Waals surface area contributed by atoms with Crippen molar-refractivity contribution >= 4 is 131 Å². The van der Waals surface area contributed by atoms with Gasteiger partial charge in [-0.1, -0.05) is 104 Å². The number of alkyl halides is 9. The number of hydrogen-bond donors (Lipinski definition) is 0. The average Bonchev–Trinajstić information content (AvgIpc) is 2.23. The van der Waals surface area contributed by atoms with Crippen LogP contribution < -0.4 is 0 Å². The summed E-state index contributed by atoms with van der Waals surface area (Å²) in [6.07, 6.45) is 0. The Balaban J connectivity index is 2.53. The van der Waals surface area contributed by atoms with Crippen LogP contribution in [0.5, 0.6) is 0 Å². The molecule has 0 aromatic rings. The van der Waals surface area contributed by atoms with Crippen LogP contribution in [0.15, 0.2) is 0 Å². The third kappa shape index (κ3) is 4.65. The second-order valence-electron chi connectivity index (χ2n) is 3.89. The van der Waals surface area contributed by atoms with Crippen LogP contribution >= 0.6 is 119 Å². The Morgan fingerprint density at radius 2 is 0.905 bits per heavy atom. The fraction of sp³-hybridized carbons (Fsp3) is 1.00. The third-order valence-electron chi connectivity index (χ3n) is 2.34. The molecule has 21 heavy (non-hydrogen) atoms. The Kier molecular flexibility index (Phi) is 6.59. The Hall–Kier alpha value is 3.57. The Bertz CT molecular complexity index is 407. The van der Waals surface area contributed by atoms with Gasteiger partial charge in [0.15, 0.2) is 0 Å². The van der Waals surface area contributed by atoms with E-state index in [0.29, 0.717) is 0 Å². The van der Waals surface area contributed by atoms with Gasteiger partial charge in [0, 0.05) is 7.92 Å². The number of halogens is 9. The maximum absolute atomic E-state index is 5.92. The van der Waals surface area contributed by atoms with Gasteiger partial charge in [0.1, 0.15) is 17.5 Å². The van der Waals surface area contributed by atoms with Crippen LogP contribution in [0.2, 0.25) is 0 Å². The molecule has 3 aliphatic rings. The summed E-state index contributed by atoms with van der Waals surface area (Å²) in [7, 11) is -1.78. The summed E-state index contributed by atoms with van der Waals surface area (Å²) >= 11 is 58.5. The van der Waals surface area contributed by atoms with Gasteiger partial charge < -0.3 is 0 Å². The lowest BCUT2D eigenvalue weighted by atomic mass is 10.8. The lowest BCUT2D eigenvalue weighted by molar-refractivity contribution is 0.0735. The zero-order valence-corrected chi connectivity index (χ0v) is 18.6. The van der Waals surface area contributed by atoms with Gasteiger partial charge in [-0.25, -0.2) is 0 Å². The first-order valence-electron chi connectivity index (χ1n) is 4.78. The van der Waals surface area contributed by atoms with Crippen molar-refractivity contribution in [3.05, 3.63) is 0 Å². The van der Waals surface area contributed by atoms with Crippen molar-refractivity contribution in [1.82, 2.24) is 0 Å². The molecule has 0 radical (unpaired) electrons. The van der Waals surface area contributed by atoms with Gasteiger partial charge >= 0.3 is 6.72 Å². The molecule has 0 aromatic heterocycles. The second kappa shape index (κ2) is 6.63. The van der Waals surface area contributed by atoms with Crippen LogP contribution in [0, 0.1) is 0 Å². The predicted octanol–water partition coefficient (Wildman–Crippen LogP) is 6.86. The van der Waals surface area contributed by atoms with Gasteiger partial charge in [0.25, 0.3) is 0 Å². The first kappa shape index (κ1) is 20.9. The fourth-order valence-electron chi connectivity index (χ4n) is 1.66. The largest absolute Gasteiger partial charge is 0.329 e. The minimum Gasteiger partial charge on any atom is -0.296 e. The molecule has 3 aliphatic heterocycles. The van der Waals surface area contributed by atoms with Crippen LogP contribution in [0.1, 0.15) is 0 Å². The smallest absolute Gasteiger partial charge is 0.296 e. The summed E-state index contributed by atoms with van der Waals surface area (Å²) in [4.78, 5) is 0. The molecule has 15 heteroatoms. The number of hydrogen-bond acceptors (Lipinski definition) is 4. The van der Waals surface area contributed by atoms with E-state index in [-0.39, 0.29) is 0 Å². The van der Waals surface area contributed by atoms with Crippen molar-refractivity contribution < 1.29 is 13.6 Å². The Morgan fingerprint density at radius 1 is 0.667 bits per heavy atom. The van der Waals surface area contributed by atoms with E-state index in [9.17, 15) is 0 Å². The van der Waals surface area contributed by atoms with Crippen LogP contribution in [0.25, 0.3) is 0 Å². The molecular weight excluding hydrogens is 533 g/mol. The van der Waals surface area contributed by atoms with Gasteiger partial charge in [0.05, 0.1) is 0 Å². The Morgan fingerprint density at radius 3 is 1.10 bits per heavy atom. The molecule has 3 fully saturated rings. The SMILES string of the molecule is S=P12OC(C(Cl)(Cl)Cl)P(C(C(Cl)(Cl)Cl)O1)C(C(Cl)(Cl)Cl)O2. The highest BCUT2D eigenvalue weighted by Crippen LogP contribution is 2.82. The lowest BCUT2D eigenvalue weighted by Gasteiger charge is -2.55. The lowest BCUT2D eigenvalue weighted by Crippen LogP contribution is -2.50. The molecule has 0 N–H and O–H groups in total. The molecule has 0 aliphatic carbocycles.